The second-order valence-corrected chi connectivity index (χ2v) is 3.87. The van der Waals surface area contributed by atoms with Crippen LogP contribution in [0.5, 0.6) is 0 Å². The van der Waals surface area contributed by atoms with Crippen LogP contribution in [0.25, 0.3) is 5.65 Å². The van der Waals surface area contributed by atoms with E-state index in [1.165, 1.54) is 5.69 Å². The summed E-state index contributed by atoms with van der Waals surface area (Å²) >= 11 is 0. The molecule has 0 aliphatic heterocycles. The van der Waals surface area contributed by atoms with Gasteiger partial charge >= 0.3 is 0 Å². The molecule has 0 spiro atoms. The number of nitrogens with zero attached hydrogens (tertiary/aromatic N) is 2. The Kier molecular flexibility index (Phi) is 3.02. The van der Waals surface area contributed by atoms with Crippen LogP contribution < -0.4 is 5.32 Å². The lowest BCUT2D eigenvalue weighted by atomic mass is 10.2. The molecule has 0 aliphatic rings. The normalized spacial score (nSPS) is 13.2. The Morgan fingerprint density at radius 3 is 3.13 bits per heavy atom. The molecule has 0 fully saturated rings. The van der Waals surface area contributed by atoms with Crippen molar-refractivity contribution in [1.82, 2.24) is 14.7 Å². The van der Waals surface area contributed by atoms with E-state index >= 15 is 0 Å². The maximum absolute atomic E-state index is 4.35. The van der Waals surface area contributed by atoms with Crippen LogP contribution in [0.15, 0.2) is 30.6 Å². The summed E-state index contributed by atoms with van der Waals surface area (Å²) in [5.74, 6) is 0. The molecule has 0 amide bonds. The first-order chi connectivity index (χ1) is 7.31. The molecule has 80 valence electrons. The number of rotatable bonds is 4. The highest BCUT2D eigenvalue weighted by Gasteiger charge is 2.03. The number of nitrogens with one attached hydrogen (secondary N) is 1. The van der Waals surface area contributed by atoms with Crippen LogP contribution in [0.1, 0.15) is 26.0 Å². The molecule has 0 aromatic carbocycles. The molecule has 1 N–H and O–H groups in total. The molecule has 15 heavy (non-hydrogen) atoms. The highest BCUT2D eigenvalue weighted by molar-refractivity contribution is 5.39. The summed E-state index contributed by atoms with van der Waals surface area (Å²) in [6.45, 7) is 5.26. The quantitative estimate of drug-likeness (QED) is 0.825. The van der Waals surface area contributed by atoms with Crippen LogP contribution >= 0.6 is 0 Å². The van der Waals surface area contributed by atoms with Gasteiger partial charge in [-0.1, -0.05) is 13.0 Å². The zero-order valence-corrected chi connectivity index (χ0v) is 9.27. The van der Waals surface area contributed by atoms with Crippen molar-refractivity contribution in [3.8, 4) is 0 Å². The number of aromatic nitrogens is 2. The minimum atomic E-state index is 0.555. The molecule has 2 rings (SSSR count). The lowest BCUT2D eigenvalue weighted by molar-refractivity contribution is 0.528. The molecule has 0 saturated carbocycles. The van der Waals surface area contributed by atoms with Crippen molar-refractivity contribution in [2.75, 3.05) is 0 Å². The van der Waals surface area contributed by atoms with Gasteiger partial charge in [0.2, 0.25) is 0 Å². The van der Waals surface area contributed by atoms with E-state index < -0.39 is 0 Å². The van der Waals surface area contributed by atoms with Gasteiger partial charge in [0.25, 0.3) is 0 Å². The van der Waals surface area contributed by atoms with E-state index in [4.69, 9.17) is 0 Å². The number of imidazole rings is 1. The van der Waals surface area contributed by atoms with E-state index in [2.05, 4.69) is 34.7 Å². The van der Waals surface area contributed by atoms with Gasteiger partial charge in [0.05, 0.1) is 11.9 Å². The predicted octanol–water partition coefficient (Wildman–Crippen LogP) is 2.22. The number of pyridine rings is 1. The maximum atomic E-state index is 4.35. The van der Waals surface area contributed by atoms with Gasteiger partial charge in [0.15, 0.2) is 0 Å². The molecular weight excluding hydrogens is 186 g/mol. The molecule has 0 saturated heterocycles. The van der Waals surface area contributed by atoms with Gasteiger partial charge in [-0.25, -0.2) is 4.98 Å². The minimum Gasteiger partial charge on any atom is -0.309 e. The predicted molar refractivity (Wildman–Crippen MR) is 61.8 cm³/mol. The lowest BCUT2D eigenvalue weighted by Crippen LogP contribution is -2.25. The largest absolute Gasteiger partial charge is 0.309 e. The number of hydrogen-bond donors (Lipinski definition) is 1. The van der Waals surface area contributed by atoms with Crippen molar-refractivity contribution in [2.24, 2.45) is 0 Å². The average Bonchev–Trinajstić information content (AvgIpc) is 2.69. The summed E-state index contributed by atoms with van der Waals surface area (Å²) < 4.78 is 2.12. The molecule has 1 atom stereocenters. The van der Waals surface area contributed by atoms with Crippen LogP contribution in [0.2, 0.25) is 0 Å². The van der Waals surface area contributed by atoms with Crippen LogP contribution in [0.3, 0.4) is 0 Å². The van der Waals surface area contributed by atoms with Gasteiger partial charge in [-0.2, -0.15) is 0 Å². The Hall–Kier alpha value is -1.35. The van der Waals surface area contributed by atoms with Crippen molar-refractivity contribution in [2.45, 2.75) is 32.9 Å². The van der Waals surface area contributed by atoms with Crippen molar-refractivity contribution in [3.63, 3.8) is 0 Å². The van der Waals surface area contributed by atoms with E-state index in [0.717, 1.165) is 18.6 Å². The van der Waals surface area contributed by atoms with Crippen molar-refractivity contribution in [3.05, 3.63) is 36.3 Å². The van der Waals surface area contributed by atoms with E-state index in [1.807, 2.05) is 24.4 Å². The smallest absolute Gasteiger partial charge is 0.136 e. The van der Waals surface area contributed by atoms with Crippen LogP contribution in [-0.2, 0) is 6.54 Å². The van der Waals surface area contributed by atoms with E-state index in [9.17, 15) is 0 Å². The first-order valence-corrected chi connectivity index (χ1v) is 5.45. The molecule has 0 radical (unpaired) electrons. The summed E-state index contributed by atoms with van der Waals surface area (Å²) in [7, 11) is 0. The van der Waals surface area contributed by atoms with Gasteiger partial charge in [-0.3, -0.25) is 0 Å². The van der Waals surface area contributed by atoms with E-state index in [0.29, 0.717) is 6.04 Å². The first kappa shape index (κ1) is 10.2. The average molecular weight is 203 g/mol. The summed E-state index contributed by atoms with van der Waals surface area (Å²) in [6.07, 6.45) is 5.14. The molecule has 0 aliphatic carbocycles. The molecule has 1 unspecified atom stereocenters. The highest BCUT2D eigenvalue weighted by Crippen LogP contribution is 2.06. The molecule has 2 aromatic heterocycles. The van der Waals surface area contributed by atoms with Crippen LogP contribution in [-0.4, -0.2) is 15.4 Å². The molecule has 3 heteroatoms. The van der Waals surface area contributed by atoms with E-state index in [1.54, 1.807) is 0 Å². The molecule has 3 nitrogen and oxygen atoms in total. The Bertz CT molecular complexity index is 433. The van der Waals surface area contributed by atoms with Gasteiger partial charge in [-0.15, -0.1) is 0 Å². The zero-order valence-electron chi connectivity index (χ0n) is 9.27. The van der Waals surface area contributed by atoms with Gasteiger partial charge in [0.1, 0.15) is 5.65 Å². The fourth-order valence-electron chi connectivity index (χ4n) is 1.54. The van der Waals surface area contributed by atoms with Crippen molar-refractivity contribution >= 4 is 5.65 Å². The van der Waals surface area contributed by atoms with Crippen LogP contribution in [0.4, 0.5) is 0 Å². The van der Waals surface area contributed by atoms with Gasteiger partial charge < -0.3 is 9.72 Å². The minimum absolute atomic E-state index is 0.555. The fraction of sp³-hybridized carbons (Fsp3) is 0.417. The Labute approximate surface area is 90.1 Å². The summed E-state index contributed by atoms with van der Waals surface area (Å²) in [5, 5.41) is 3.47. The zero-order chi connectivity index (χ0) is 10.7. The fourth-order valence-corrected chi connectivity index (χ4v) is 1.54. The third-order valence-electron chi connectivity index (χ3n) is 2.74. The standard InChI is InChI=1S/C12H17N3/c1-3-10(2)13-8-11-9-14-12-6-4-5-7-15(11)12/h4-7,9-10,13H,3,8H2,1-2H3. The second kappa shape index (κ2) is 4.45. The summed E-state index contributed by atoms with van der Waals surface area (Å²) in [5.41, 5.74) is 2.23. The van der Waals surface area contributed by atoms with Crippen LogP contribution in [0, 0.1) is 0 Å². The number of hydrogen-bond acceptors (Lipinski definition) is 2. The second-order valence-electron chi connectivity index (χ2n) is 3.87. The Balaban J connectivity index is 2.14. The van der Waals surface area contributed by atoms with Crippen molar-refractivity contribution < 1.29 is 0 Å². The third kappa shape index (κ3) is 2.18. The maximum Gasteiger partial charge on any atom is 0.136 e. The first-order valence-electron chi connectivity index (χ1n) is 5.45. The summed E-state index contributed by atoms with van der Waals surface area (Å²) in [4.78, 5) is 4.35. The monoisotopic (exact) mass is 203 g/mol. The number of fused-ring (bicyclic) bond motifs is 1. The molecule has 0 bridgehead atoms. The lowest BCUT2D eigenvalue weighted by Gasteiger charge is -2.10. The topological polar surface area (TPSA) is 29.3 Å². The summed E-state index contributed by atoms with van der Waals surface area (Å²) in [6, 6.07) is 6.61. The Morgan fingerprint density at radius 2 is 2.33 bits per heavy atom. The Morgan fingerprint density at radius 1 is 1.47 bits per heavy atom. The van der Waals surface area contributed by atoms with Gasteiger partial charge in [-0.05, 0) is 25.5 Å². The molecule has 2 aromatic rings. The third-order valence-corrected chi connectivity index (χ3v) is 2.74. The van der Waals surface area contributed by atoms with Gasteiger partial charge in [0, 0.05) is 18.8 Å². The molecular formula is C12H17N3. The molecule has 2 heterocycles. The van der Waals surface area contributed by atoms with E-state index in [-0.39, 0.29) is 0 Å². The SMILES string of the molecule is CCC(C)NCc1cnc2ccccn12. The highest BCUT2D eigenvalue weighted by atomic mass is 15.0. The van der Waals surface area contributed by atoms with Crippen molar-refractivity contribution in [1.29, 1.82) is 0 Å².